The number of rotatable bonds is 2. The van der Waals surface area contributed by atoms with Crippen LogP contribution in [0.2, 0.25) is 0 Å². The summed E-state index contributed by atoms with van der Waals surface area (Å²) in [6, 6.07) is 7.28. The van der Waals surface area contributed by atoms with Crippen molar-refractivity contribution >= 4 is 5.95 Å². The molecule has 0 unspecified atom stereocenters. The van der Waals surface area contributed by atoms with Crippen LogP contribution in [0, 0.1) is 0 Å². The highest BCUT2D eigenvalue weighted by molar-refractivity contribution is 5.55. The molecular weight excluding hydrogens is 182 g/mol. The van der Waals surface area contributed by atoms with Crippen LogP contribution < -0.4 is 10.5 Å². The second kappa shape index (κ2) is 3.37. The van der Waals surface area contributed by atoms with Gasteiger partial charge in [0.05, 0.1) is 7.11 Å². The molecule has 1 aromatic heterocycles. The Hall–Kier alpha value is -2.04. The zero-order chi connectivity index (χ0) is 9.97. The van der Waals surface area contributed by atoms with Crippen molar-refractivity contribution in [1.29, 1.82) is 0 Å². The highest BCUT2D eigenvalue weighted by Crippen LogP contribution is 2.20. The van der Waals surface area contributed by atoms with Crippen molar-refractivity contribution in [2.45, 2.75) is 0 Å². The van der Waals surface area contributed by atoms with Crippen molar-refractivity contribution in [3.8, 4) is 17.2 Å². The fraction of sp³-hybridized carbons (Fsp3) is 0.111. The zero-order valence-corrected chi connectivity index (χ0v) is 7.60. The van der Waals surface area contributed by atoms with Gasteiger partial charge in [-0.25, -0.2) is 0 Å². The zero-order valence-electron chi connectivity index (χ0n) is 7.60. The molecule has 5 nitrogen and oxygen atoms in total. The Morgan fingerprint density at radius 3 is 2.50 bits per heavy atom. The van der Waals surface area contributed by atoms with Crippen LogP contribution in [0.1, 0.15) is 0 Å². The van der Waals surface area contributed by atoms with Gasteiger partial charge in [0.25, 0.3) is 11.8 Å². The Morgan fingerprint density at radius 1 is 1.29 bits per heavy atom. The molecule has 0 atom stereocenters. The third-order valence-corrected chi connectivity index (χ3v) is 1.78. The first-order valence-corrected chi connectivity index (χ1v) is 4.03. The van der Waals surface area contributed by atoms with E-state index in [0.717, 1.165) is 11.3 Å². The lowest BCUT2D eigenvalue weighted by Crippen LogP contribution is -1.86. The number of benzene rings is 1. The molecule has 0 aliphatic rings. The number of anilines is 1. The molecule has 0 aliphatic heterocycles. The topological polar surface area (TPSA) is 74.2 Å². The van der Waals surface area contributed by atoms with Gasteiger partial charge in [0.1, 0.15) is 5.75 Å². The van der Waals surface area contributed by atoms with Gasteiger partial charge in [-0.15, -0.1) is 0 Å². The summed E-state index contributed by atoms with van der Waals surface area (Å²) in [4.78, 5) is 3.90. The van der Waals surface area contributed by atoms with E-state index in [1.54, 1.807) is 7.11 Å². The summed E-state index contributed by atoms with van der Waals surface area (Å²) in [5.41, 5.74) is 6.15. The summed E-state index contributed by atoms with van der Waals surface area (Å²) >= 11 is 0. The molecule has 0 aliphatic carbocycles. The second-order valence-corrected chi connectivity index (χ2v) is 2.69. The number of nitrogen functional groups attached to an aromatic ring is 1. The minimum atomic E-state index is 0.135. The number of nitrogens with zero attached hydrogens (tertiary/aromatic N) is 2. The van der Waals surface area contributed by atoms with E-state index in [1.165, 1.54) is 0 Å². The third-order valence-electron chi connectivity index (χ3n) is 1.78. The molecular formula is C9H9N3O2. The largest absolute Gasteiger partial charge is 0.497 e. The lowest BCUT2D eigenvalue weighted by Gasteiger charge is -1.98. The molecule has 5 heteroatoms. The Morgan fingerprint density at radius 2 is 2.00 bits per heavy atom. The fourth-order valence-electron chi connectivity index (χ4n) is 1.09. The molecule has 72 valence electrons. The number of hydrogen-bond acceptors (Lipinski definition) is 5. The number of aromatic nitrogens is 2. The summed E-state index contributed by atoms with van der Waals surface area (Å²) in [6.45, 7) is 0. The number of methoxy groups -OCH3 is 1. The molecule has 2 rings (SSSR count). The van der Waals surface area contributed by atoms with Crippen LogP contribution >= 0.6 is 0 Å². The van der Waals surface area contributed by atoms with Crippen LogP contribution in [-0.2, 0) is 0 Å². The Kier molecular flexibility index (Phi) is 2.06. The fourth-order valence-corrected chi connectivity index (χ4v) is 1.09. The molecule has 2 N–H and O–H groups in total. The van der Waals surface area contributed by atoms with E-state index in [-0.39, 0.29) is 5.95 Å². The van der Waals surface area contributed by atoms with E-state index in [9.17, 15) is 0 Å². The third kappa shape index (κ3) is 1.52. The number of ether oxygens (including phenoxy) is 1. The van der Waals surface area contributed by atoms with Gasteiger partial charge in [-0.2, -0.15) is 4.98 Å². The molecule has 0 saturated carbocycles. The summed E-state index contributed by atoms with van der Waals surface area (Å²) in [5, 5.41) is 3.50. The number of nitrogens with two attached hydrogens (primary N) is 1. The van der Waals surface area contributed by atoms with E-state index < -0.39 is 0 Å². The molecule has 0 saturated heterocycles. The Balaban J connectivity index is 2.33. The highest BCUT2D eigenvalue weighted by atomic mass is 16.5. The monoisotopic (exact) mass is 191 g/mol. The van der Waals surface area contributed by atoms with Crippen molar-refractivity contribution < 1.29 is 9.26 Å². The SMILES string of the molecule is COc1ccc(-c2nc(N)no2)cc1. The van der Waals surface area contributed by atoms with Crippen LogP contribution in [0.15, 0.2) is 28.8 Å². The van der Waals surface area contributed by atoms with E-state index in [0.29, 0.717) is 5.89 Å². The van der Waals surface area contributed by atoms with Crippen molar-refractivity contribution in [3.05, 3.63) is 24.3 Å². The van der Waals surface area contributed by atoms with E-state index >= 15 is 0 Å². The first-order chi connectivity index (χ1) is 6.79. The van der Waals surface area contributed by atoms with Crippen LogP contribution in [0.3, 0.4) is 0 Å². The van der Waals surface area contributed by atoms with Gasteiger partial charge in [0.15, 0.2) is 0 Å². The maximum atomic E-state index is 5.33. The average molecular weight is 191 g/mol. The highest BCUT2D eigenvalue weighted by Gasteiger charge is 2.05. The van der Waals surface area contributed by atoms with Gasteiger partial charge in [0, 0.05) is 5.56 Å². The van der Waals surface area contributed by atoms with Crippen molar-refractivity contribution in [1.82, 2.24) is 10.1 Å². The maximum absolute atomic E-state index is 5.33. The maximum Gasteiger partial charge on any atom is 0.261 e. The molecule has 2 aromatic rings. The van der Waals surface area contributed by atoms with Crippen LogP contribution in [0.4, 0.5) is 5.95 Å². The second-order valence-electron chi connectivity index (χ2n) is 2.69. The van der Waals surface area contributed by atoms with Gasteiger partial charge in [-0.1, -0.05) is 0 Å². The van der Waals surface area contributed by atoms with Crippen molar-refractivity contribution in [3.63, 3.8) is 0 Å². The predicted molar refractivity (Wildman–Crippen MR) is 50.7 cm³/mol. The van der Waals surface area contributed by atoms with Crippen molar-refractivity contribution in [2.24, 2.45) is 0 Å². The molecule has 0 radical (unpaired) electrons. The summed E-state index contributed by atoms with van der Waals surface area (Å²) in [7, 11) is 1.61. The predicted octanol–water partition coefficient (Wildman–Crippen LogP) is 1.33. The minimum Gasteiger partial charge on any atom is -0.497 e. The van der Waals surface area contributed by atoms with Gasteiger partial charge >= 0.3 is 0 Å². The summed E-state index contributed by atoms with van der Waals surface area (Å²) in [6.07, 6.45) is 0. The summed E-state index contributed by atoms with van der Waals surface area (Å²) in [5.74, 6) is 1.32. The Labute approximate surface area is 80.5 Å². The standard InChI is InChI=1S/C9H9N3O2/c1-13-7-4-2-6(3-5-7)8-11-9(10)12-14-8/h2-5H,1H3,(H2,10,12). The normalized spacial score (nSPS) is 10.1. The molecule has 0 fully saturated rings. The average Bonchev–Trinajstić information content (AvgIpc) is 2.65. The molecule has 1 heterocycles. The Bertz CT molecular complexity index is 422. The molecule has 14 heavy (non-hydrogen) atoms. The van der Waals surface area contributed by atoms with Crippen LogP contribution in [-0.4, -0.2) is 17.3 Å². The van der Waals surface area contributed by atoms with Crippen LogP contribution in [0.5, 0.6) is 5.75 Å². The lowest BCUT2D eigenvalue weighted by molar-refractivity contribution is 0.414. The first kappa shape index (κ1) is 8.55. The molecule has 0 bridgehead atoms. The van der Waals surface area contributed by atoms with E-state index in [1.807, 2.05) is 24.3 Å². The van der Waals surface area contributed by atoms with Gasteiger partial charge in [0.2, 0.25) is 0 Å². The van der Waals surface area contributed by atoms with Crippen LogP contribution in [0.25, 0.3) is 11.5 Å². The van der Waals surface area contributed by atoms with Gasteiger partial charge in [-0.05, 0) is 29.4 Å². The number of hydrogen-bond donors (Lipinski definition) is 1. The molecule has 1 aromatic carbocycles. The minimum absolute atomic E-state index is 0.135. The molecule has 0 amide bonds. The van der Waals surface area contributed by atoms with Gasteiger partial charge < -0.3 is 15.0 Å². The molecule has 0 spiro atoms. The van der Waals surface area contributed by atoms with E-state index in [2.05, 4.69) is 10.1 Å². The summed E-state index contributed by atoms with van der Waals surface area (Å²) < 4.78 is 9.92. The van der Waals surface area contributed by atoms with Crippen molar-refractivity contribution in [2.75, 3.05) is 12.8 Å². The van der Waals surface area contributed by atoms with Gasteiger partial charge in [-0.3, -0.25) is 0 Å². The lowest BCUT2D eigenvalue weighted by atomic mass is 10.2. The van der Waals surface area contributed by atoms with E-state index in [4.69, 9.17) is 15.0 Å². The smallest absolute Gasteiger partial charge is 0.261 e. The quantitative estimate of drug-likeness (QED) is 0.775. The first-order valence-electron chi connectivity index (χ1n) is 4.03.